The fourth-order valence-electron chi connectivity index (χ4n) is 1.10. The van der Waals surface area contributed by atoms with Gasteiger partial charge in [0.1, 0.15) is 4.90 Å². The van der Waals surface area contributed by atoms with Gasteiger partial charge >= 0.3 is 0 Å². The number of carbonyl (C=O) groups excluding carboxylic acids is 1. The van der Waals surface area contributed by atoms with Crippen molar-refractivity contribution in [2.24, 2.45) is 5.73 Å². The molecule has 0 aromatic carbocycles. The zero-order valence-electron chi connectivity index (χ0n) is 9.96. The monoisotopic (exact) mass is 283 g/mol. The highest BCUT2D eigenvalue weighted by Crippen LogP contribution is 2.08. The van der Waals surface area contributed by atoms with E-state index >= 15 is 0 Å². The normalized spacial score (nSPS) is 10.6. The molecule has 0 aliphatic heterocycles. The van der Waals surface area contributed by atoms with E-state index < -0.39 is 22.5 Å². The van der Waals surface area contributed by atoms with E-state index in [1.807, 2.05) is 4.72 Å². The summed E-state index contributed by atoms with van der Waals surface area (Å²) in [5.41, 5.74) is 5.26. The lowest BCUT2D eigenvalue weighted by Gasteiger charge is -2.04. The molecule has 0 bridgehead atoms. The smallest absolute Gasteiger partial charge is 0.242 e. The number of aliphatic hydroxyl groups is 1. The molecule has 8 heteroatoms. The minimum Gasteiger partial charge on any atom is -0.395 e. The highest BCUT2D eigenvalue weighted by molar-refractivity contribution is 7.89. The number of pyridine rings is 1. The highest BCUT2D eigenvalue weighted by atomic mass is 32.2. The van der Waals surface area contributed by atoms with E-state index in [0.29, 0.717) is 5.56 Å². The van der Waals surface area contributed by atoms with Gasteiger partial charge in [0.15, 0.2) is 0 Å². The fraction of sp³-hybridized carbons (Fsp3) is 0.273. The maximum absolute atomic E-state index is 11.8. The van der Waals surface area contributed by atoms with Crippen LogP contribution in [0.5, 0.6) is 0 Å². The van der Waals surface area contributed by atoms with Crippen molar-refractivity contribution in [2.45, 2.75) is 11.3 Å². The van der Waals surface area contributed by atoms with Gasteiger partial charge in [-0.15, -0.1) is 0 Å². The van der Waals surface area contributed by atoms with Gasteiger partial charge in [0, 0.05) is 24.4 Å². The number of amides is 1. The minimum absolute atomic E-state index is 0.0708. The number of primary amides is 1. The standard InChI is InChI=1S/C11H13N3O4S/c12-11(16)8-14-19(17,18)10-5-9(6-13-7-10)3-1-2-4-15/h5-7,14-15H,2,4,8H2,(H2,12,16). The molecular weight excluding hydrogens is 270 g/mol. The molecule has 0 saturated heterocycles. The van der Waals surface area contributed by atoms with Crippen molar-refractivity contribution in [1.29, 1.82) is 0 Å². The Kier molecular flexibility index (Phi) is 5.44. The molecule has 0 spiro atoms. The highest BCUT2D eigenvalue weighted by Gasteiger charge is 2.15. The zero-order valence-corrected chi connectivity index (χ0v) is 10.8. The van der Waals surface area contributed by atoms with Gasteiger partial charge in [0.2, 0.25) is 15.9 Å². The number of sulfonamides is 1. The third kappa shape index (κ3) is 5.05. The maximum atomic E-state index is 11.8. The van der Waals surface area contributed by atoms with Crippen molar-refractivity contribution in [2.75, 3.05) is 13.2 Å². The minimum atomic E-state index is -3.84. The van der Waals surface area contributed by atoms with Crippen molar-refractivity contribution in [3.63, 3.8) is 0 Å². The van der Waals surface area contributed by atoms with Crippen LogP contribution in [-0.2, 0) is 14.8 Å². The Bertz CT molecular complexity index is 616. The van der Waals surface area contributed by atoms with Crippen molar-refractivity contribution in [1.82, 2.24) is 9.71 Å². The van der Waals surface area contributed by atoms with E-state index in [9.17, 15) is 13.2 Å². The van der Waals surface area contributed by atoms with E-state index in [-0.39, 0.29) is 17.9 Å². The quantitative estimate of drug-likeness (QED) is 0.572. The second-order valence-electron chi connectivity index (χ2n) is 3.48. The Morgan fingerprint density at radius 1 is 1.47 bits per heavy atom. The number of nitrogens with two attached hydrogens (primary N) is 1. The number of nitrogens with one attached hydrogen (secondary N) is 1. The predicted octanol–water partition coefficient (Wildman–Crippen LogP) is -1.42. The lowest BCUT2D eigenvalue weighted by molar-refractivity contribution is -0.116. The zero-order chi connectivity index (χ0) is 14.3. The molecule has 0 radical (unpaired) electrons. The van der Waals surface area contributed by atoms with Crippen molar-refractivity contribution in [3.05, 3.63) is 24.0 Å². The van der Waals surface area contributed by atoms with E-state index in [1.54, 1.807) is 0 Å². The SMILES string of the molecule is NC(=O)CNS(=O)(=O)c1cncc(C#CCCO)c1. The molecule has 0 saturated carbocycles. The van der Waals surface area contributed by atoms with Crippen molar-refractivity contribution in [3.8, 4) is 11.8 Å². The van der Waals surface area contributed by atoms with Gasteiger partial charge in [-0.1, -0.05) is 11.8 Å². The molecule has 1 rings (SSSR count). The van der Waals surface area contributed by atoms with Gasteiger partial charge in [-0.25, -0.2) is 13.1 Å². The molecule has 1 heterocycles. The second kappa shape index (κ2) is 6.84. The van der Waals surface area contributed by atoms with Crippen LogP contribution in [0.25, 0.3) is 0 Å². The summed E-state index contributed by atoms with van der Waals surface area (Å²) in [4.78, 5) is 14.2. The molecule has 1 amide bonds. The molecule has 102 valence electrons. The van der Waals surface area contributed by atoms with Crippen LogP contribution >= 0.6 is 0 Å². The molecule has 0 unspecified atom stereocenters. The number of hydrogen-bond acceptors (Lipinski definition) is 5. The van der Waals surface area contributed by atoms with Crippen LogP contribution in [0.2, 0.25) is 0 Å². The van der Waals surface area contributed by atoms with Crippen LogP contribution in [0.15, 0.2) is 23.4 Å². The van der Waals surface area contributed by atoms with Crippen LogP contribution < -0.4 is 10.5 Å². The summed E-state index contributed by atoms with van der Waals surface area (Å²) in [7, 11) is -3.84. The first kappa shape index (κ1) is 15.1. The van der Waals surface area contributed by atoms with E-state index in [4.69, 9.17) is 10.8 Å². The molecule has 4 N–H and O–H groups in total. The fourth-order valence-corrected chi connectivity index (χ4v) is 2.08. The number of rotatable bonds is 5. The van der Waals surface area contributed by atoms with Gasteiger partial charge in [0.05, 0.1) is 13.2 Å². The average Bonchev–Trinajstić information content (AvgIpc) is 2.37. The molecule has 1 aromatic heterocycles. The third-order valence-electron chi connectivity index (χ3n) is 1.93. The van der Waals surface area contributed by atoms with Gasteiger partial charge in [-0.2, -0.15) is 0 Å². The largest absolute Gasteiger partial charge is 0.395 e. The molecule has 0 aliphatic rings. The lowest BCUT2D eigenvalue weighted by Crippen LogP contribution is -2.33. The summed E-state index contributed by atoms with van der Waals surface area (Å²) in [6.45, 7) is -0.554. The average molecular weight is 283 g/mol. The maximum Gasteiger partial charge on any atom is 0.242 e. The van der Waals surface area contributed by atoms with Crippen molar-refractivity contribution < 1.29 is 18.3 Å². The Morgan fingerprint density at radius 2 is 2.21 bits per heavy atom. The Morgan fingerprint density at radius 3 is 2.84 bits per heavy atom. The molecule has 0 fully saturated rings. The Balaban J connectivity index is 2.93. The Labute approximate surface area is 110 Å². The summed E-state index contributed by atoms with van der Waals surface area (Å²) >= 11 is 0. The summed E-state index contributed by atoms with van der Waals surface area (Å²) in [5.74, 6) is 4.54. The summed E-state index contributed by atoms with van der Waals surface area (Å²) in [6, 6.07) is 1.32. The number of carbonyl (C=O) groups is 1. The summed E-state index contributed by atoms with van der Waals surface area (Å²) in [6.07, 6.45) is 2.83. The molecule has 0 aliphatic carbocycles. The van der Waals surface area contributed by atoms with Crippen molar-refractivity contribution >= 4 is 15.9 Å². The van der Waals surface area contributed by atoms with Crippen LogP contribution in [-0.4, -0.2) is 37.6 Å². The van der Waals surface area contributed by atoms with Gasteiger partial charge in [-0.3, -0.25) is 9.78 Å². The topological polar surface area (TPSA) is 122 Å². The third-order valence-corrected chi connectivity index (χ3v) is 3.30. The first-order valence-corrected chi connectivity index (χ1v) is 6.77. The molecule has 0 atom stereocenters. The van der Waals surface area contributed by atoms with Crippen LogP contribution in [0, 0.1) is 11.8 Å². The lowest BCUT2D eigenvalue weighted by atomic mass is 10.3. The Hall–Kier alpha value is -1.95. The molecule has 19 heavy (non-hydrogen) atoms. The molecular formula is C11H13N3O4S. The second-order valence-corrected chi connectivity index (χ2v) is 5.24. The van der Waals surface area contributed by atoms with Crippen LogP contribution in [0.4, 0.5) is 0 Å². The van der Waals surface area contributed by atoms with Gasteiger partial charge < -0.3 is 10.8 Å². The summed E-state index contributed by atoms with van der Waals surface area (Å²) < 4.78 is 25.6. The number of nitrogens with zero attached hydrogens (tertiary/aromatic N) is 1. The van der Waals surface area contributed by atoms with E-state index in [1.165, 1.54) is 12.3 Å². The van der Waals surface area contributed by atoms with Crippen LogP contribution in [0.3, 0.4) is 0 Å². The van der Waals surface area contributed by atoms with E-state index in [2.05, 4.69) is 16.8 Å². The predicted molar refractivity (Wildman–Crippen MR) is 67.2 cm³/mol. The first-order chi connectivity index (χ1) is 8.95. The van der Waals surface area contributed by atoms with Gasteiger partial charge in [0.25, 0.3) is 0 Å². The van der Waals surface area contributed by atoms with Crippen LogP contribution in [0.1, 0.15) is 12.0 Å². The van der Waals surface area contributed by atoms with Gasteiger partial charge in [-0.05, 0) is 6.07 Å². The molecule has 1 aromatic rings. The summed E-state index contributed by atoms with van der Waals surface area (Å²) in [5, 5.41) is 8.58. The first-order valence-electron chi connectivity index (χ1n) is 5.28. The van der Waals surface area contributed by atoms with E-state index in [0.717, 1.165) is 6.20 Å². The number of aliphatic hydroxyl groups excluding tert-OH is 1. The number of aromatic nitrogens is 1. The molecule has 7 nitrogen and oxygen atoms in total. The number of hydrogen-bond donors (Lipinski definition) is 3.